The van der Waals surface area contributed by atoms with Gasteiger partial charge in [-0.15, -0.1) is 0 Å². The maximum atomic E-state index is 9.99. The number of rotatable bonds is 9. The van der Waals surface area contributed by atoms with Gasteiger partial charge in [-0.05, 0) is 107 Å². The first kappa shape index (κ1) is 24.3. The van der Waals surface area contributed by atoms with Crippen LogP contribution in [-0.4, -0.2) is 16.8 Å². The van der Waals surface area contributed by atoms with Gasteiger partial charge in [-0.1, -0.05) is 54.6 Å². The first-order chi connectivity index (χ1) is 18.2. The fourth-order valence-corrected chi connectivity index (χ4v) is 4.66. The van der Waals surface area contributed by atoms with Crippen molar-refractivity contribution in [3.8, 4) is 28.4 Å². The Morgan fingerprint density at radius 1 is 0.757 bits per heavy atom. The summed E-state index contributed by atoms with van der Waals surface area (Å²) in [5.74, 6) is 1.39. The van der Waals surface area contributed by atoms with Crippen LogP contribution in [0, 0.1) is 0 Å². The maximum absolute atomic E-state index is 9.99. The molecule has 5 rings (SSSR count). The van der Waals surface area contributed by atoms with Gasteiger partial charge >= 0.3 is 0 Å². The lowest BCUT2D eigenvalue weighted by Gasteiger charge is -2.15. The molecule has 37 heavy (non-hydrogen) atoms. The lowest BCUT2D eigenvalue weighted by Crippen LogP contribution is -1.99. The number of benzene rings is 4. The van der Waals surface area contributed by atoms with Crippen molar-refractivity contribution < 1.29 is 14.9 Å². The largest absolute Gasteiger partial charge is 0.508 e. The molecule has 0 atom stereocenters. The van der Waals surface area contributed by atoms with Gasteiger partial charge in [-0.25, -0.2) is 0 Å². The van der Waals surface area contributed by atoms with Crippen LogP contribution >= 0.6 is 0 Å². The van der Waals surface area contributed by atoms with E-state index >= 15 is 0 Å². The molecular weight excluding hydrogens is 458 g/mol. The Morgan fingerprint density at radius 3 is 2.41 bits per heavy atom. The summed E-state index contributed by atoms with van der Waals surface area (Å²) in [5.41, 5.74) is 5.82. The third kappa shape index (κ3) is 6.22. The molecule has 4 nitrogen and oxygen atoms in total. The molecule has 1 heterocycles. The van der Waals surface area contributed by atoms with Crippen LogP contribution in [-0.2, 0) is 6.42 Å². The number of phenols is 2. The summed E-state index contributed by atoms with van der Waals surface area (Å²) < 4.78 is 6.00. The third-order valence-corrected chi connectivity index (χ3v) is 6.61. The van der Waals surface area contributed by atoms with Crippen LogP contribution in [0.1, 0.15) is 30.4 Å². The summed E-state index contributed by atoms with van der Waals surface area (Å²) in [4.78, 5) is 0. The number of phenolic OH excluding ortho intramolecular Hbond substituents is 2. The van der Waals surface area contributed by atoms with E-state index in [2.05, 4.69) is 35.7 Å². The summed E-state index contributed by atoms with van der Waals surface area (Å²) in [6.07, 6.45) is 14.0. The van der Waals surface area contributed by atoms with Crippen LogP contribution < -0.4 is 10.1 Å². The molecule has 1 aliphatic rings. The van der Waals surface area contributed by atoms with Gasteiger partial charge in [-0.3, -0.25) is 0 Å². The molecule has 0 aromatic heterocycles. The number of hydrogen-bond donors (Lipinski definition) is 3. The second kappa shape index (κ2) is 11.5. The Labute approximate surface area is 217 Å². The molecule has 0 saturated carbocycles. The molecule has 1 aliphatic heterocycles. The number of nitrogens with one attached hydrogen (secondary N) is 1. The molecule has 0 bridgehead atoms. The molecule has 0 aliphatic carbocycles. The van der Waals surface area contributed by atoms with Crippen LogP contribution in [0.4, 0.5) is 0 Å². The average Bonchev–Trinajstić information content (AvgIpc) is 3.19. The molecule has 0 saturated heterocycles. The predicted octanol–water partition coefficient (Wildman–Crippen LogP) is 7.61. The fraction of sp³-hybridized carbons (Fsp3) is 0.152. The summed E-state index contributed by atoms with van der Waals surface area (Å²) >= 11 is 0. The fourth-order valence-electron chi connectivity index (χ4n) is 4.66. The van der Waals surface area contributed by atoms with E-state index in [4.69, 9.17) is 4.74 Å². The molecule has 186 valence electrons. The third-order valence-electron chi connectivity index (χ3n) is 6.61. The minimum atomic E-state index is 0.249. The summed E-state index contributed by atoms with van der Waals surface area (Å²) in [7, 11) is 0. The number of hydrogen-bond acceptors (Lipinski definition) is 4. The summed E-state index contributed by atoms with van der Waals surface area (Å²) in [6, 6.07) is 25.3. The quantitative estimate of drug-likeness (QED) is 0.212. The molecular formula is C33H31NO3. The van der Waals surface area contributed by atoms with Crippen molar-refractivity contribution in [3.05, 3.63) is 126 Å². The lowest BCUT2D eigenvalue weighted by atomic mass is 9.90. The predicted molar refractivity (Wildman–Crippen MR) is 151 cm³/mol. The van der Waals surface area contributed by atoms with E-state index in [0.717, 1.165) is 53.3 Å². The van der Waals surface area contributed by atoms with Gasteiger partial charge < -0.3 is 20.3 Å². The molecule has 4 aromatic carbocycles. The first-order valence-electron chi connectivity index (χ1n) is 12.7. The van der Waals surface area contributed by atoms with E-state index in [1.165, 1.54) is 16.7 Å². The van der Waals surface area contributed by atoms with E-state index in [-0.39, 0.29) is 11.5 Å². The second-order valence-electron chi connectivity index (χ2n) is 9.27. The van der Waals surface area contributed by atoms with Crippen molar-refractivity contribution in [1.82, 2.24) is 5.32 Å². The van der Waals surface area contributed by atoms with Crippen LogP contribution in [0.25, 0.3) is 21.9 Å². The van der Waals surface area contributed by atoms with Gasteiger partial charge in [0.15, 0.2) is 0 Å². The van der Waals surface area contributed by atoms with Gasteiger partial charge in [0.25, 0.3) is 0 Å². The summed E-state index contributed by atoms with van der Waals surface area (Å²) in [5, 5.41) is 25.0. The van der Waals surface area contributed by atoms with E-state index in [9.17, 15) is 10.2 Å². The van der Waals surface area contributed by atoms with Crippen LogP contribution in [0.2, 0.25) is 0 Å². The highest BCUT2D eigenvalue weighted by molar-refractivity contribution is 5.93. The van der Waals surface area contributed by atoms with Crippen molar-refractivity contribution in [2.75, 3.05) is 6.61 Å². The van der Waals surface area contributed by atoms with Gasteiger partial charge in [-0.2, -0.15) is 0 Å². The van der Waals surface area contributed by atoms with Crippen LogP contribution in [0.15, 0.2) is 115 Å². The minimum Gasteiger partial charge on any atom is -0.508 e. The zero-order valence-electron chi connectivity index (χ0n) is 20.7. The van der Waals surface area contributed by atoms with Gasteiger partial charge in [0.1, 0.15) is 17.2 Å². The van der Waals surface area contributed by atoms with Gasteiger partial charge in [0, 0.05) is 12.4 Å². The Hall–Kier alpha value is -4.44. The number of ether oxygens (including phenoxy) is 1. The monoisotopic (exact) mass is 489 g/mol. The van der Waals surface area contributed by atoms with Gasteiger partial charge in [0.05, 0.1) is 6.61 Å². The van der Waals surface area contributed by atoms with E-state index in [0.29, 0.717) is 6.61 Å². The van der Waals surface area contributed by atoms with Crippen LogP contribution in [0.3, 0.4) is 0 Å². The highest BCUT2D eigenvalue weighted by Gasteiger charge is 2.12. The number of aromatic hydroxyl groups is 2. The Morgan fingerprint density at radius 2 is 1.57 bits per heavy atom. The Bertz CT molecular complexity index is 1450. The topological polar surface area (TPSA) is 61.7 Å². The molecule has 0 fully saturated rings. The van der Waals surface area contributed by atoms with Crippen molar-refractivity contribution in [3.63, 3.8) is 0 Å². The highest BCUT2D eigenvalue weighted by Crippen LogP contribution is 2.34. The minimum absolute atomic E-state index is 0.249. The van der Waals surface area contributed by atoms with Crippen molar-refractivity contribution in [2.45, 2.75) is 25.7 Å². The SMILES string of the molecule is Oc1ccc(-c2ccc3cc(O)ccc3c2Cc2ccc(OCCCCC3=CNC=CC=C3)cc2)cc1. The molecule has 0 radical (unpaired) electrons. The van der Waals surface area contributed by atoms with E-state index in [1.807, 2.05) is 54.9 Å². The lowest BCUT2D eigenvalue weighted by molar-refractivity contribution is 0.307. The smallest absolute Gasteiger partial charge is 0.119 e. The summed E-state index contributed by atoms with van der Waals surface area (Å²) in [6.45, 7) is 0.694. The molecule has 0 unspecified atom stereocenters. The maximum Gasteiger partial charge on any atom is 0.119 e. The molecule has 0 amide bonds. The van der Waals surface area contributed by atoms with E-state index < -0.39 is 0 Å². The molecule has 4 aromatic rings. The highest BCUT2D eigenvalue weighted by atomic mass is 16.5. The average molecular weight is 490 g/mol. The molecule has 3 N–H and O–H groups in total. The standard InChI is InChI=1S/C33H31NO3/c35-28-12-9-26(10-13-28)31-17-11-27-22-29(36)14-18-32(27)33(31)21-24-7-15-30(16-8-24)37-20-4-2-6-25-5-1-3-19-34-23-25/h1,3,5,7-19,22-23,34-36H,2,4,6,20-21H2. The number of fused-ring (bicyclic) bond motifs is 1. The zero-order valence-corrected chi connectivity index (χ0v) is 20.7. The van der Waals surface area contributed by atoms with Crippen molar-refractivity contribution in [1.29, 1.82) is 0 Å². The van der Waals surface area contributed by atoms with Gasteiger partial charge in [0.2, 0.25) is 0 Å². The van der Waals surface area contributed by atoms with Crippen LogP contribution in [0.5, 0.6) is 17.2 Å². The first-order valence-corrected chi connectivity index (χ1v) is 12.7. The van der Waals surface area contributed by atoms with E-state index in [1.54, 1.807) is 24.3 Å². The van der Waals surface area contributed by atoms with Crippen molar-refractivity contribution >= 4 is 10.8 Å². The molecule has 4 heteroatoms. The number of allylic oxidation sites excluding steroid dienone is 4. The van der Waals surface area contributed by atoms with Crippen molar-refractivity contribution in [2.24, 2.45) is 0 Å². The Balaban J connectivity index is 1.26. The normalized spacial score (nSPS) is 12.7. The number of unbranched alkanes of at least 4 members (excludes halogenated alkanes) is 1. The Kier molecular flexibility index (Phi) is 7.56. The molecule has 0 spiro atoms. The zero-order chi connectivity index (χ0) is 25.5. The second-order valence-corrected chi connectivity index (χ2v) is 9.27.